The van der Waals surface area contributed by atoms with Gasteiger partial charge in [-0.2, -0.15) is 0 Å². The number of carbonyl (C=O) groups excluding carboxylic acids is 1. The van der Waals surface area contributed by atoms with Crippen LogP contribution in [0.3, 0.4) is 0 Å². The molecule has 6 heteroatoms. The van der Waals surface area contributed by atoms with Crippen molar-refractivity contribution in [2.45, 2.75) is 18.8 Å². The molecule has 5 nitrogen and oxygen atoms in total. The molecule has 0 bridgehead atoms. The number of carbonyl (C=O) groups is 1. The highest BCUT2D eigenvalue weighted by Gasteiger charge is 2.24. The van der Waals surface area contributed by atoms with Crippen LogP contribution in [0.2, 0.25) is 0 Å². The van der Waals surface area contributed by atoms with E-state index in [1.54, 1.807) is 7.05 Å². The molecule has 0 radical (unpaired) electrons. The Kier molecular flexibility index (Phi) is 5.54. The minimum absolute atomic E-state index is 0.0286. The van der Waals surface area contributed by atoms with Gasteiger partial charge in [0.05, 0.1) is 6.67 Å². The van der Waals surface area contributed by atoms with Gasteiger partial charge >= 0.3 is 0 Å². The normalized spacial score (nSPS) is 17.9. The van der Waals surface area contributed by atoms with E-state index >= 15 is 0 Å². The summed E-state index contributed by atoms with van der Waals surface area (Å²) in [5.74, 6) is 0.766. The fourth-order valence-electron chi connectivity index (χ4n) is 2.40. The first-order valence-corrected chi connectivity index (χ1v) is 7.14. The first kappa shape index (κ1) is 15.3. The number of rotatable bonds is 5. The Labute approximate surface area is 124 Å². The van der Waals surface area contributed by atoms with Crippen LogP contribution in [0.1, 0.15) is 24.3 Å². The van der Waals surface area contributed by atoms with E-state index in [2.05, 4.69) is 20.9 Å². The van der Waals surface area contributed by atoms with Crippen LogP contribution in [0.5, 0.6) is 0 Å². The number of hydrogen-bond donors (Lipinski definition) is 3. The molecule has 0 fully saturated rings. The number of benzene rings is 1. The highest BCUT2D eigenvalue weighted by molar-refractivity contribution is 5.94. The summed E-state index contributed by atoms with van der Waals surface area (Å²) in [5, 5.41) is 9.12. The number of nitrogens with zero attached hydrogens (tertiary/aromatic N) is 1. The standard InChI is InChI=1S/C15H21FN4O/c1-17-15(18-8-4-7-16)19-10-11-9-14(21)20-13-6-3-2-5-12(11)13/h2-3,5-6,11H,4,7-10H2,1H3,(H,20,21)(H2,17,18,19). The van der Waals surface area contributed by atoms with Crippen molar-refractivity contribution in [3.63, 3.8) is 0 Å². The number of fused-ring (bicyclic) bond motifs is 1. The summed E-state index contributed by atoms with van der Waals surface area (Å²) in [6, 6.07) is 7.82. The Hall–Kier alpha value is -2.11. The second-order valence-corrected chi connectivity index (χ2v) is 4.96. The maximum atomic E-state index is 12.1. The predicted molar refractivity (Wildman–Crippen MR) is 82.4 cm³/mol. The fourth-order valence-corrected chi connectivity index (χ4v) is 2.40. The van der Waals surface area contributed by atoms with Gasteiger partial charge in [0.25, 0.3) is 0 Å². The molecule has 1 atom stereocenters. The minimum Gasteiger partial charge on any atom is -0.356 e. The molecule has 1 heterocycles. The van der Waals surface area contributed by atoms with E-state index in [-0.39, 0.29) is 18.5 Å². The van der Waals surface area contributed by atoms with Gasteiger partial charge in [-0.1, -0.05) is 18.2 Å². The predicted octanol–water partition coefficient (Wildman–Crippen LogP) is 1.64. The molecule has 0 spiro atoms. The lowest BCUT2D eigenvalue weighted by molar-refractivity contribution is -0.116. The van der Waals surface area contributed by atoms with Crippen molar-refractivity contribution in [1.82, 2.24) is 10.6 Å². The van der Waals surface area contributed by atoms with E-state index in [4.69, 9.17) is 0 Å². The lowest BCUT2D eigenvalue weighted by atomic mass is 9.90. The summed E-state index contributed by atoms with van der Waals surface area (Å²) >= 11 is 0. The second kappa shape index (κ2) is 7.61. The lowest BCUT2D eigenvalue weighted by Gasteiger charge is -2.26. The average molecular weight is 292 g/mol. The zero-order chi connectivity index (χ0) is 15.1. The number of guanidine groups is 1. The summed E-state index contributed by atoms with van der Waals surface area (Å²) in [6.45, 7) is 0.803. The molecule has 0 aromatic heterocycles. The van der Waals surface area contributed by atoms with Crippen molar-refractivity contribution in [3.05, 3.63) is 29.8 Å². The SMILES string of the molecule is CN=C(NCCCF)NCC1CC(=O)Nc2ccccc21. The fraction of sp³-hybridized carbons (Fsp3) is 0.467. The molecule has 1 amide bonds. The molecule has 1 aliphatic rings. The van der Waals surface area contributed by atoms with Gasteiger partial charge in [0.2, 0.25) is 5.91 Å². The Morgan fingerprint density at radius 1 is 1.43 bits per heavy atom. The number of nitrogens with one attached hydrogen (secondary N) is 3. The Morgan fingerprint density at radius 2 is 2.24 bits per heavy atom. The molecule has 1 aromatic rings. The van der Waals surface area contributed by atoms with Crippen LogP contribution in [0.25, 0.3) is 0 Å². The third-order valence-electron chi connectivity index (χ3n) is 3.45. The monoisotopic (exact) mass is 292 g/mol. The molecular formula is C15H21FN4O. The molecule has 21 heavy (non-hydrogen) atoms. The topological polar surface area (TPSA) is 65.5 Å². The Balaban J connectivity index is 1.95. The van der Waals surface area contributed by atoms with Gasteiger partial charge in [-0.15, -0.1) is 0 Å². The lowest BCUT2D eigenvalue weighted by Crippen LogP contribution is -2.41. The van der Waals surface area contributed by atoms with E-state index in [0.717, 1.165) is 11.3 Å². The first-order chi connectivity index (χ1) is 10.2. The van der Waals surface area contributed by atoms with Crippen LogP contribution in [0.15, 0.2) is 29.3 Å². The quantitative estimate of drug-likeness (QED) is 0.439. The summed E-state index contributed by atoms with van der Waals surface area (Å²) < 4.78 is 12.1. The molecule has 0 aliphatic carbocycles. The molecular weight excluding hydrogens is 271 g/mol. The highest BCUT2D eigenvalue weighted by atomic mass is 19.1. The number of para-hydroxylation sites is 1. The van der Waals surface area contributed by atoms with E-state index in [9.17, 15) is 9.18 Å². The van der Waals surface area contributed by atoms with Gasteiger partial charge in [-0.3, -0.25) is 14.2 Å². The van der Waals surface area contributed by atoms with Crippen molar-refractivity contribution in [2.24, 2.45) is 4.99 Å². The van der Waals surface area contributed by atoms with Gasteiger partial charge in [0.15, 0.2) is 5.96 Å². The van der Waals surface area contributed by atoms with Gasteiger partial charge in [-0.25, -0.2) is 0 Å². The van der Waals surface area contributed by atoms with Gasteiger partial charge in [0.1, 0.15) is 0 Å². The van der Waals surface area contributed by atoms with Gasteiger partial charge < -0.3 is 16.0 Å². The van der Waals surface area contributed by atoms with Crippen LogP contribution < -0.4 is 16.0 Å². The molecule has 1 aromatic carbocycles. The largest absolute Gasteiger partial charge is 0.356 e. The van der Waals surface area contributed by atoms with E-state index in [1.165, 1.54) is 0 Å². The van der Waals surface area contributed by atoms with Crippen molar-refractivity contribution in [1.29, 1.82) is 0 Å². The van der Waals surface area contributed by atoms with Crippen molar-refractivity contribution < 1.29 is 9.18 Å². The molecule has 2 rings (SSSR count). The van der Waals surface area contributed by atoms with Crippen LogP contribution in [-0.2, 0) is 4.79 Å². The number of hydrogen-bond acceptors (Lipinski definition) is 2. The van der Waals surface area contributed by atoms with Crippen molar-refractivity contribution in [2.75, 3.05) is 32.1 Å². The zero-order valence-electron chi connectivity index (χ0n) is 12.2. The van der Waals surface area contributed by atoms with E-state index < -0.39 is 0 Å². The average Bonchev–Trinajstić information content (AvgIpc) is 2.50. The van der Waals surface area contributed by atoms with Gasteiger partial charge in [-0.05, 0) is 18.1 Å². The molecule has 114 valence electrons. The van der Waals surface area contributed by atoms with Crippen molar-refractivity contribution >= 4 is 17.6 Å². The smallest absolute Gasteiger partial charge is 0.225 e. The third-order valence-corrected chi connectivity index (χ3v) is 3.45. The molecule has 3 N–H and O–H groups in total. The molecule has 1 unspecified atom stereocenters. The number of halogens is 1. The number of alkyl halides is 1. The summed E-state index contributed by atoms with van der Waals surface area (Å²) in [5.41, 5.74) is 2.00. The molecule has 0 saturated heterocycles. The zero-order valence-corrected chi connectivity index (χ0v) is 12.2. The first-order valence-electron chi connectivity index (χ1n) is 7.14. The maximum absolute atomic E-state index is 12.1. The van der Waals surface area contributed by atoms with Crippen molar-refractivity contribution in [3.8, 4) is 0 Å². The number of aliphatic imine (C=N–C) groups is 1. The molecule has 0 saturated carbocycles. The maximum Gasteiger partial charge on any atom is 0.225 e. The van der Waals surface area contributed by atoms with Crippen LogP contribution in [0.4, 0.5) is 10.1 Å². The summed E-state index contributed by atoms with van der Waals surface area (Å²) in [4.78, 5) is 15.8. The summed E-state index contributed by atoms with van der Waals surface area (Å²) in [7, 11) is 1.67. The Morgan fingerprint density at radius 3 is 3.00 bits per heavy atom. The van der Waals surface area contributed by atoms with E-state index in [1.807, 2.05) is 24.3 Å². The number of amides is 1. The second-order valence-electron chi connectivity index (χ2n) is 4.96. The van der Waals surface area contributed by atoms with Crippen LogP contribution in [-0.4, -0.2) is 38.7 Å². The Bertz CT molecular complexity index is 518. The number of anilines is 1. The molecule has 1 aliphatic heterocycles. The van der Waals surface area contributed by atoms with Crippen LogP contribution >= 0.6 is 0 Å². The highest BCUT2D eigenvalue weighted by Crippen LogP contribution is 2.31. The van der Waals surface area contributed by atoms with Crippen LogP contribution in [0, 0.1) is 0 Å². The van der Waals surface area contributed by atoms with Gasteiger partial charge in [0, 0.05) is 38.2 Å². The minimum atomic E-state index is -0.347. The summed E-state index contributed by atoms with van der Waals surface area (Å²) in [6.07, 6.45) is 0.904. The van der Waals surface area contributed by atoms with E-state index in [0.29, 0.717) is 31.9 Å². The third kappa shape index (κ3) is 4.18.